The number of aliphatic hydroxyl groups excluding tert-OH is 5. The molecular weight excluding hydrogens is 771 g/mol. The molecule has 17 heteroatoms. The fraction of sp³-hybridized carbons (Fsp3) is 0.692. The van der Waals surface area contributed by atoms with Crippen LogP contribution in [0, 0.1) is 6.92 Å². The number of sulfonamides is 1. The molecule has 250 valence electrons. The third-order valence-corrected chi connectivity index (χ3v) is 6.96. The molecule has 0 aromatic heterocycles. The smallest absolute Gasteiger partial charge is 0.480 e. The van der Waals surface area contributed by atoms with Gasteiger partial charge >= 0.3 is 33.0 Å². The molecule has 9 N–H and O–H groups in total. The van der Waals surface area contributed by atoms with Crippen molar-refractivity contribution in [1.29, 1.82) is 0 Å². The number of hydrogen-bond acceptors (Lipinski definition) is 12. The predicted molar refractivity (Wildman–Crippen MR) is 154 cm³/mol. The Hall–Kier alpha value is -1.56. The average Bonchev–Trinajstić information content (AvgIpc) is 2.83. The molecule has 0 bridgehead atoms. The van der Waals surface area contributed by atoms with Crippen molar-refractivity contribution >= 4 is 22.0 Å². The number of carbonyl (C=O) groups is 2. The maximum atomic E-state index is 12.1. The molecule has 6 atom stereocenters. The molecule has 0 radical (unpaired) electrons. The van der Waals surface area contributed by atoms with Gasteiger partial charge in [0, 0.05) is 39.3 Å². The summed E-state index contributed by atoms with van der Waals surface area (Å²) in [7, 11) is -4.17. The summed E-state index contributed by atoms with van der Waals surface area (Å²) in [5.41, 5.74) is 0.818. The molecule has 1 aromatic carbocycles. The van der Waals surface area contributed by atoms with Crippen LogP contribution in [0.1, 0.15) is 33.3 Å². The van der Waals surface area contributed by atoms with Gasteiger partial charge in [0.05, 0.1) is 35.9 Å². The zero-order valence-corrected chi connectivity index (χ0v) is 28.2. The summed E-state index contributed by atoms with van der Waals surface area (Å²) < 4.78 is 26.0. The quantitative estimate of drug-likeness (QED) is 0.0676. The number of carboxylic acid groups (broad SMARTS) is 2. The van der Waals surface area contributed by atoms with Gasteiger partial charge in [-0.2, -0.15) is 4.72 Å². The van der Waals surface area contributed by atoms with Gasteiger partial charge < -0.3 is 35.7 Å². The maximum absolute atomic E-state index is 12.1. The fourth-order valence-electron chi connectivity index (χ4n) is 3.79. The van der Waals surface area contributed by atoms with E-state index in [-0.39, 0.29) is 26.0 Å². The van der Waals surface area contributed by atoms with E-state index in [4.69, 9.17) is 15.3 Å². The summed E-state index contributed by atoms with van der Waals surface area (Å²) in [4.78, 5) is 25.7. The largest absolute Gasteiger partial charge is 4.00 e. The Morgan fingerprint density at radius 2 is 1.14 bits per heavy atom. The van der Waals surface area contributed by atoms with Crippen LogP contribution in [0.3, 0.4) is 0 Å². The van der Waals surface area contributed by atoms with Gasteiger partial charge in [-0.25, -0.2) is 13.2 Å². The molecular formula is C26H48N4O11PtS+4. The van der Waals surface area contributed by atoms with Crippen LogP contribution in [0.25, 0.3) is 0 Å². The van der Waals surface area contributed by atoms with E-state index >= 15 is 0 Å². The second-order valence-corrected chi connectivity index (χ2v) is 12.1. The molecule has 0 aliphatic rings. The third-order valence-electron chi connectivity index (χ3n) is 5.52. The molecule has 1 aromatic rings. The van der Waals surface area contributed by atoms with E-state index in [1.807, 2.05) is 19.8 Å². The number of carboxylic acids is 2. The minimum absolute atomic E-state index is 0. The Morgan fingerprint density at radius 1 is 0.767 bits per heavy atom. The second kappa shape index (κ2) is 22.0. The van der Waals surface area contributed by atoms with Gasteiger partial charge in [0.15, 0.2) is 6.17 Å². The Bertz CT molecular complexity index is 984. The second-order valence-electron chi connectivity index (χ2n) is 10.4. The van der Waals surface area contributed by atoms with Crippen molar-refractivity contribution in [3.05, 3.63) is 29.8 Å². The van der Waals surface area contributed by atoms with Crippen molar-refractivity contribution in [3.8, 4) is 0 Å². The maximum Gasteiger partial charge on any atom is 4.00 e. The van der Waals surface area contributed by atoms with Gasteiger partial charge in [-0.05, 0) is 46.8 Å². The minimum Gasteiger partial charge on any atom is -0.480 e. The van der Waals surface area contributed by atoms with Crippen LogP contribution in [-0.4, -0.2) is 148 Å². The van der Waals surface area contributed by atoms with E-state index in [2.05, 4.69) is 0 Å². The number of aliphatic hydroxyl groups is 5. The number of aryl methyl sites for hydroxylation is 1. The third kappa shape index (κ3) is 20.2. The van der Waals surface area contributed by atoms with E-state index in [0.717, 1.165) is 5.56 Å². The predicted octanol–water partition coefficient (Wildman–Crippen LogP) is -2.17. The molecule has 0 saturated carbocycles. The molecule has 0 aliphatic carbocycles. The van der Waals surface area contributed by atoms with E-state index in [0.29, 0.717) is 39.3 Å². The zero-order chi connectivity index (χ0) is 32.6. The van der Waals surface area contributed by atoms with Gasteiger partial charge in [-0.15, -0.1) is 0 Å². The first-order chi connectivity index (χ1) is 19.4. The van der Waals surface area contributed by atoms with E-state index < -0.39 is 65.2 Å². The molecule has 0 spiro atoms. The number of nitrogens with zero attached hydrogens (tertiary/aromatic N) is 2. The van der Waals surface area contributed by atoms with Gasteiger partial charge in [-0.1, -0.05) is 17.7 Å². The molecule has 0 amide bonds. The normalized spacial score (nSPS) is 15.8. The van der Waals surface area contributed by atoms with Crippen LogP contribution in [0.2, 0.25) is 0 Å². The minimum atomic E-state index is -4.17. The summed E-state index contributed by atoms with van der Waals surface area (Å²) in [5.74, 6) is -3.14. The Morgan fingerprint density at radius 3 is 1.42 bits per heavy atom. The molecule has 43 heavy (non-hydrogen) atoms. The zero-order valence-electron chi connectivity index (χ0n) is 25.1. The van der Waals surface area contributed by atoms with Crippen LogP contribution in [0.5, 0.6) is 0 Å². The summed E-state index contributed by atoms with van der Waals surface area (Å²) in [6.45, 7) is 11.1. The van der Waals surface area contributed by atoms with Gasteiger partial charge in [0.1, 0.15) is 6.04 Å². The van der Waals surface area contributed by atoms with Crippen molar-refractivity contribution in [2.24, 2.45) is 0 Å². The van der Waals surface area contributed by atoms with Crippen LogP contribution in [-0.2, 0) is 40.7 Å². The molecule has 0 fully saturated rings. The molecule has 15 nitrogen and oxygen atoms in total. The molecule has 0 heterocycles. The number of nitrogens with one attached hydrogen (secondary N) is 2. The molecule has 0 aliphatic heterocycles. The molecule has 0 saturated heterocycles. The Kier molecular flexibility index (Phi) is 22.3. The first kappa shape index (κ1) is 43.6. The standard InChI is InChI=1S/C14H32N2O4.C12H16N2O7S.Pt/c1-11(17)7-15(8-12(2)18)5-6-16(9-13(3)19)10-14(4)20;1-7-2-4-8(5-3-7)22(20,21)14-10(12(18)19)13-9(6-15)11(16)17;/h11-14,17-20H,5-10H2,1-4H3;2-5,9-10,13-15H,6H2,1H3,(H,16,17)(H,18,19);/q;;+4/t;9-,10?;/m.1./s1. The van der Waals surface area contributed by atoms with Gasteiger partial charge in [0.25, 0.3) is 0 Å². The SMILES string of the molecule is CC(O)CN(CCN(CC(C)O)CC(C)O)CC(C)O.Cc1ccc(S(=O)(=O)NC(N[C@H](CO)C(=O)O)C(=O)O)cc1.[Pt+4]. The van der Waals surface area contributed by atoms with Crippen molar-refractivity contribution in [2.45, 2.75) is 76.1 Å². The van der Waals surface area contributed by atoms with Crippen LogP contribution in [0.15, 0.2) is 29.2 Å². The fourth-order valence-corrected chi connectivity index (χ4v) is 4.90. The molecule has 5 unspecified atom stereocenters. The number of hydrogen-bond donors (Lipinski definition) is 9. The Labute approximate surface area is 267 Å². The van der Waals surface area contributed by atoms with Crippen molar-refractivity contribution in [1.82, 2.24) is 19.8 Å². The summed E-state index contributed by atoms with van der Waals surface area (Å²) in [5, 5.41) is 66.5. The van der Waals surface area contributed by atoms with Crippen LogP contribution in [0.4, 0.5) is 0 Å². The molecule has 1 rings (SSSR count). The topological polar surface area (TPSA) is 240 Å². The van der Waals surface area contributed by atoms with Crippen LogP contribution >= 0.6 is 0 Å². The number of rotatable bonds is 19. The summed E-state index contributed by atoms with van der Waals surface area (Å²) in [6, 6.07) is 4.02. The van der Waals surface area contributed by atoms with Gasteiger partial charge in [0.2, 0.25) is 10.0 Å². The van der Waals surface area contributed by atoms with Crippen molar-refractivity contribution in [2.75, 3.05) is 45.9 Å². The van der Waals surface area contributed by atoms with Crippen molar-refractivity contribution < 1.29 is 74.8 Å². The average molecular weight is 820 g/mol. The number of aliphatic carboxylic acids is 2. The van der Waals surface area contributed by atoms with E-state index in [9.17, 15) is 38.4 Å². The van der Waals surface area contributed by atoms with Crippen molar-refractivity contribution in [3.63, 3.8) is 0 Å². The van der Waals surface area contributed by atoms with E-state index in [1.54, 1.807) is 34.6 Å². The summed E-state index contributed by atoms with van der Waals surface area (Å²) in [6.07, 6.45) is -3.70. The number of benzene rings is 1. The first-order valence-corrected chi connectivity index (χ1v) is 14.9. The van der Waals surface area contributed by atoms with E-state index in [1.165, 1.54) is 24.3 Å². The summed E-state index contributed by atoms with van der Waals surface area (Å²) >= 11 is 0. The monoisotopic (exact) mass is 819 g/mol. The first-order valence-electron chi connectivity index (χ1n) is 13.5. The van der Waals surface area contributed by atoms with Crippen LogP contribution < -0.4 is 10.0 Å². The van der Waals surface area contributed by atoms with Gasteiger partial charge in [-0.3, -0.25) is 19.9 Å². The Balaban J connectivity index is 0.